The summed E-state index contributed by atoms with van der Waals surface area (Å²) in [5.41, 5.74) is 7.46. The van der Waals surface area contributed by atoms with Crippen molar-refractivity contribution in [3.8, 4) is 0 Å². The Morgan fingerprint density at radius 3 is 2.37 bits per heavy atom. The fourth-order valence-corrected chi connectivity index (χ4v) is 4.03. The van der Waals surface area contributed by atoms with Crippen molar-refractivity contribution in [2.24, 2.45) is 0 Å². The van der Waals surface area contributed by atoms with Crippen molar-refractivity contribution in [3.05, 3.63) is 83.4 Å². The number of hydrogen-bond acceptors (Lipinski definition) is 9. The van der Waals surface area contributed by atoms with Crippen molar-refractivity contribution in [3.63, 3.8) is 0 Å². The Kier molecular flexibility index (Phi) is 6.30. The topological polar surface area (TPSA) is 131 Å². The van der Waals surface area contributed by atoms with Crippen LogP contribution in [0.1, 0.15) is 33.4 Å². The number of halogens is 1. The smallest absolute Gasteiger partial charge is 0.338 e. The van der Waals surface area contributed by atoms with Gasteiger partial charge in [0.15, 0.2) is 11.5 Å². The van der Waals surface area contributed by atoms with Crippen LogP contribution in [-0.4, -0.2) is 50.3 Å². The lowest BCUT2D eigenvalue weighted by Gasteiger charge is -2.19. The van der Waals surface area contributed by atoms with Gasteiger partial charge in [0.1, 0.15) is 30.6 Å². The first-order valence-electron chi connectivity index (χ1n) is 10.8. The molecule has 2 aromatic heterocycles. The highest BCUT2D eigenvalue weighted by Crippen LogP contribution is 2.34. The van der Waals surface area contributed by atoms with Gasteiger partial charge in [-0.2, -0.15) is 9.97 Å². The fraction of sp³-hybridized carbons (Fsp3) is 0.208. The Bertz CT molecular complexity index is 1370. The van der Waals surface area contributed by atoms with Crippen molar-refractivity contribution in [1.29, 1.82) is 0 Å². The molecule has 0 bridgehead atoms. The van der Waals surface area contributed by atoms with E-state index in [4.69, 9.17) is 31.5 Å². The Morgan fingerprint density at radius 1 is 1.03 bits per heavy atom. The number of aromatic nitrogens is 4. The Hall–Kier alpha value is -4.02. The SMILES string of the molecule is Nc1nc(Cl)nc2c1ncn2[C@@H]1C[C@@H](OC(=O)c2ccccc2)[C@H](COC(=O)c2ccccc2)O1. The van der Waals surface area contributed by atoms with E-state index < -0.39 is 30.4 Å². The maximum absolute atomic E-state index is 12.7. The molecule has 0 unspecified atom stereocenters. The van der Waals surface area contributed by atoms with Crippen LogP contribution in [-0.2, 0) is 14.2 Å². The van der Waals surface area contributed by atoms with Gasteiger partial charge in [-0.1, -0.05) is 36.4 Å². The summed E-state index contributed by atoms with van der Waals surface area (Å²) in [5.74, 6) is -0.882. The van der Waals surface area contributed by atoms with E-state index in [-0.39, 0.29) is 24.1 Å². The van der Waals surface area contributed by atoms with Crippen LogP contribution in [0, 0.1) is 0 Å². The molecule has 0 spiro atoms. The monoisotopic (exact) mass is 493 g/mol. The molecule has 0 radical (unpaired) electrons. The lowest BCUT2D eigenvalue weighted by Crippen LogP contribution is -2.32. The van der Waals surface area contributed by atoms with E-state index in [1.165, 1.54) is 6.33 Å². The van der Waals surface area contributed by atoms with Gasteiger partial charge in [-0.05, 0) is 35.9 Å². The summed E-state index contributed by atoms with van der Waals surface area (Å²) in [6.07, 6.45) is -0.292. The summed E-state index contributed by atoms with van der Waals surface area (Å²) in [4.78, 5) is 37.6. The van der Waals surface area contributed by atoms with Crippen LogP contribution < -0.4 is 5.73 Å². The minimum Gasteiger partial charge on any atom is -0.459 e. The lowest BCUT2D eigenvalue weighted by atomic mass is 10.1. The van der Waals surface area contributed by atoms with E-state index in [0.29, 0.717) is 22.3 Å². The zero-order chi connectivity index (χ0) is 24.4. The maximum Gasteiger partial charge on any atom is 0.338 e. The predicted molar refractivity (Wildman–Crippen MR) is 126 cm³/mol. The number of ether oxygens (including phenoxy) is 3. The number of nitrogens with two attached hydrogens (primary N) is 1. The predicted octanol–water partition coefficient (Wildman–Crippen LogP) is 3.43. The van der Waals surface area contributed by atoms with Crippen LogP contribution in [0.3, 0.4) is 0 Å². The van der Waals surface area contributed by atoms with Gasteiger partial charge in [0.25, 0.3) is 0 Å². The van der Waals surface area contributed by atoms with Crippen LogP contribution in [0.25, 0.3) is 11.2 Å². The first-order valence-corrected chi connectivity index (χ1v) is 11.2. The number of fused-ring (bicyclic) bond motifs is 1. The number of carbonyl (C=O) groups excluding carboxylic acids is 2. The Morgan fingerprint density at radius 2 is 1.69 bits per heavy atom. The van der Waals surface area contributed by atoms with Crippen molar-refractivity contribution in [2.45, 2.75) is 24.9 Å². The largest absolute Gasteiger partial charge is 0.459 e. The molecule has 2 aromatic carbocycles. The number of imidazole rings is 1. The number of hydrogen-bond donors (Lipinski definition) is 1. The van der Waals surface area contributed by atoms with Crippen LogP contribution in [0.2, 0.25) is 5.28 Å². The van der Waals surface area contributed by atoms with E-state index in [2.05, 4.69) is 15.0 Å². The molecule has 35 heavy (non-hydrogen) atoms. The van der Waals surface area contributed by atoms with Gasteiger partial charge in [-0.3, -0.25) is 4.57 Å². The third-order valence-corrected chi connectivity index (χ3v) is 5.74. The molecule has 4 aromatic rings. The molecule has 1 aliphatic heterocycles. The average molecular weight is 494 g/mol. The zero-order valence-electron chi connectivity index (χ0n) is 18.3. The van der Waals surface area contributed by atoms with Gasteiger partial charge in [-0.25, -0.2) is 14.6 Å². The molecular weight excluding hydrogens is 474 g/mol. The number of carbonyl (C=O) groups is 2. The molecule has 0 amide bonds. The van der Waals surface area contributed by atoms with Gasteiger partial charge in [-0.15, -0.1) is 0 Å². The van der Waals surface area contributed by atoms with Crippen molar-refractivity contribution < 1.29 is 23.8 Å². The third-order valence-electron chi connectivity index (χ3n) is 5.57. The number of nitrogens with zero attached hydrogens (tertiary/aromatic N) is 4. The molecule has 5 rings (SSSR count). The molecule has 1 saturated heterocycles. The maximum atomic E-state index is 12.7. The van der Waals surface area contributed by atoms with Crippen molar-refractivity contribution in [2.75, 3.05) is 12.3 Å². The molecule has 3 heterocycles. The normalized spacial score (nSPS) is 19.5. The second-order valence-electron chi connectivity index (χ2n) is 7.84. The molecule has 2 N–H and O–H groups in total. The average Bonchev–Trinajstić information content (AvgIpc) is 3.47. The summed E-state index contributed by atoms with van der Waals surface area (Å²) in [7, 11) is 0. The minimum absolute atomic E-state index is 0.0323. The molecule has 1 aliphatic rings. The van der Waals surface area contributed by atoms with Crippen LogP contribution in [0.15, 0.2) is 67.0 Å². The van der Waals surface area contributed by atoms with Gasteiger partial charge in [0, 0.05) is 6.42 Å². The third kappa shape index (κ3) is 4.79. The molecule has 0 saturated carbocycles. The quantitative estimate of drug-likeness (QED) is 0.317. The van der Waals surface area contributed by atoms with Gasteiger partial charge >= 0.3 is 11.9 Å². The Labute approximate surface area is 204 Å². The van der Waals surface area contributed by atoms with E-state index in [1.54, 1.807) is 65.2 Å². The minimum atomic E-state index is -0.729. The highest BCUT2D eigenvalue weighted by molar-refractivity contribution is 6.28. The summed E-state index contributed by atoms with van der Waals surface area (Å²) in [6.45, 7) is -0.124. The second-order valence-corrected chi connectivity index (χ2v) is 8.18. The molecule has 0 aliphatic carbocycles. The number of anilines is 1. The first kappa shape index (κ1) is 22.8. The highest BCUT2D eigenvalue weighted by Gasteiger charge is 2.40. The second kappa shape index (κ2) is 9.69. The van der Waals surface area contributed by atoms with E-state index in [1.807, 2.05) is 0 Å². The Balaban J connectivity index is 1.38. The first-order chi connectivity index (χ1) is 17.0. The van der Waals surface area contributed by atoms with E-state index >= 15 is 0 Å². The van der Waals surface area contributed by atoms with Gasteiger partial charge in [0.2, 0.25) is 5.28 Å². The summed E-state index contributed by atoms with van der Waals surface area (Å²) < 4.78 is 19.0. The highest BCUT2D eigenvalue weighted by atomic mass is 35.5. The van der Waals surface area contributed by atoms with Crippen LogP contribution in [0.4, 0.5) is 5.82 Å². The molecular formula is C24H20ClN5O5. The lowest BCUT2D eigenvalue weighted by molar-refractivity contribution is -0.0563. The molecule has 178 valence electrons. The molecule has 10 nitrogen and oxygen atoms in total. The number of benzene rings is 2. The number of esters is 2. The summed E-state index contributed by atoms with van der Waals surface area (Å²) in [6, 6.07) is 17.2. The van der Waals surface area contributed by atoms with Gasteiger partial charge < -0.3 is 19.9 Å². The zero-order valence-corrected chi connectivity index (χ0v) is 19.0. The molecule has 1 fully saturated rings. The molecule has 11 heteroatoms. The van der Waals surface area contributed by atoms with Crippen LogP contribution in [0.5, 0.6) is 0 Å². The fourth-order valence-electron chi connectivity index (χ4n) is 3.86. The standard InChI is InChI=1S/C24H20ClN5O5/c25-24-28-20(26)19-21(29-24)30(13-27-19)18-11-16(35-23(32)15-9-5-2-6-10-15)17(34-18)12-33-22(31)14-7-3-1-4-8-14/h1-10,13,16-18H,11-12H2,(H2,26,28,29)/t16-,17+,18+/m1/s1. The van der Waals surface area contributed by atoms with E-state index in [0.717, 1.165) is 0 Å². The van der Waals surface area contributed by atoms with Crippen LogP contribution >= 0.6 is 11.6 Å². The van der Waals surface area contributed by atoms with E-state index in [9.17, 15) is 9.59 Å². The molecule has 3 atom stereocenters. The summed E-state index contributed by atoms with van der Waals surface area (Å²) in [5, 5.41) is -0.0323. The number of nitrogen functional groups attached to an aromatic ring is 1. The van der Waals surface area contributed by atoms with Crippen molar-refractivity contribution >= 4 is 40.5 Å². The van der Waals surface area contributed by atoms with Crippen molar-refractivity contribution in [1.82, 2.24) is 19.5 Å². The van der Waals surface area contributed by atoms with Gasteiger partial charge in [0.05, 0.1) is 17.5 Å². The number of rotatable bonds is 6. The summed E-state index contributed by atoms with van der Waals surface area (Å²) >= 11 is 5.99.